The largest absolute Gasteiger partial charge is 0.416 e. The maximum atomic E-state index is 13.2. The smallest absolute Gasteiger partial charge is 0.377 e. The molecule has 1 atom stereocenters. The van der Waals surface area contributed by atoms with Crippen LogP contribution in [0.4, 0.5) is 13.2 Å². The highest BCUT2D eigenvalue weighted by Crippen LogP contribution is 2.49. The van der Waals surface area contributed by atoms with Gasteiger partial charge in [-0.3, -0.25) is 0 Å². The lowest BCUT2D eigenvalue weighted by Crippen LogP contribution is -2.51. The molecule has 162 valence electrons. The summed E-state index contributed by atoms with van der Waals surface area (Å²) in [4.78, 5) is 0. The minimum atomic E-state index is -4.52. The van der Waals surface area contributed by atoms with E-state index in [1.165, 1.54) is 12.1 Å². The van der Waals surface area contributed by atoms with Crippen LogP contribution in [0.5, 0.6) is 0 Å². The summed E-state index contributed by atoms with van der Waals surface area (Å²) in [5.74, 6) is 0. The highest BCUT2D eigenvalue weighted by Gasteiger charge is 2.54. The van der Waals surface area contributed by atoms with Crippen LogP contribution in [0.2, 0.25) is 0 Å². The molecule has 1 unspecified atom stereocenters. The maximum absolute atomic E-state index is 13.2. The van der Waals surface area contributed by atoms with E-state index in [-0.39, 0.29) is 5.56 Å². The first kappa shape index (κ1) is 21.8. The predicted molar refractivity (Wildman–Crippen MR) is 117 cm³/mol. The van der Waals surface area contributed by atoms with Crippen molar-refractivity contribution in [1.29, 1.82) is 0 Å². The van der Waals surface area contributed by atoms with Crippen molar-refractivity contribution in [1.82, 2.24) is 0 Å². The van der Waals surface area contributed by atoms with Crippen LogP contribution in [0.25, 0.3) is 0 Å². The van der Waals surface area contributed by atoms with Gasteiger partial charge in [0.25, 0.3) is 0 Å². The molecular weight excluding hydrogens is 413 g/mol. The summed E-state index contributed by atoms with van der Waals surface area (Å²) in [7, 11) is 0. The van der Waals surface area contributed by atoms with E-state index < -0.39 is 22.9 Å². The maximum Gasteiger partial charge on any atom is 0.416 e. The lowest BCUT2D eigenvalue weighted by Gasteiger charge is -2.45. The molecule has 5 heteroatoms. The van der Waals surface area contributed by atoms with Crippen molar-refractivity contribution in [3.8, 4) is 0 Å². The molecule has 0 saturated carbocycles. The molecule has 32 heavy (non-hydrogen) atoms. The second kappa shape index (κ2) is 8.26. The average molecular weight is 434 g/mol. The van der Waals surface area contributed by atoms with Crippen molar-refractivity contribution in [2.75, 3.05) is 0 Å². The predicted octanol–water partition coefficient (Wildman–Crippen LogP) is 5.88. The van der Waals surface area contributed by atoms with E-state index in [0.29, 0.717) is 16.7 Å². The van der Waals surface area contributed by atoms with E-state index in [1.807, 2.05) is 0 Å². The zero-order valence-corrected chi connectivity index (χ0v) is 17.0. The van der Waals surface area contributed by atoms with E-state index in [1.54, 1.807) is 91.0 Å². The van der Waals surface area contributed by atoms with Crippen LogP contribution in [0.15, 0.2) is 115 Å². The molecule has 0 radical (unpaired) electrons. The standard InChI is InChI=1S/C27H21F3O2/c28-27(29,30)24-18-16-23(17-19-24)26(32,22-14-8-3-9-15-22)25(31,20-10-4-1-5-11-20)21-12-6-2-7-13-21/h1-19,31-32H. The van der Waals surface area contributed by atoms with Gasteiger partial charge in [0.1, 0.15) is 0 Å². The van der Waals surface area contributed by atoms with Gasteiger partial charge in [-0.05, 0) is 34.4 Å². The summed E-state index contributed by atoms with van der Waals surface area (Å²) in [6.07, 6.45) is -4.52. The Labute approximate surface area is 184 Å². The summed E-state index contributed by atoms with van der Waals surface area (Å²) >= 11 is 0. The van der Waals surface area contributed by atoms with Gasteiger partial charge in [0.05, 0.1) is 5.56 Å². The number of hydrogen-bond donors (Lipinski definition) is 2. The van der Waals surface area contributed by atoms with Crippen LogP contribution in [0, 0.1) is 0 Å². The first-order valence-electron chi connectivity index (χ1n) is 10.1. The summed E-state index contributed by atoms with van der Waals surface area (Å²) in [6.45, 7) is 0. The molecule has 4 rings (SSSR count). The van der Waals surface area contributed by atoms with Crippen LogP contribution in [0.1, 0.15) is 27.8 Å². The van der Waals surface area contributed by atoms with Crippen molar-refractivity contribution in [2.24, 2.45) is 0 Å². The molecule has 0 bridgehead atoms. The third kappa shape index (κ3) is 3.60. The Kier molecular flexibility index (Phi) is 5.63. The molecule has 0 aliphatic heterocycles. The molecule has 0 heterocycles. The fourth-order valence-corrected chi connectivity index (χ4v) is 4.11. The molecule has 0 fully saturated rings. The van der Waals surface area contributed by atoms with Crippen LogP contribution in [-0.4, -0.2) is 10.2 Å². The van der Waals surface area contributed by atoms with Gasteiger partial charge in [0.2, 0.25) is 0 Å². The van der Waals surface area contributed by atoms with E-state index in [2.05, 4.69) is 0 Å². The topological polar surface area (TPSA) is 40.5 Å². The molecule has 0 aromatic heterocycles. The van der Waals surface area contributed by atoms with Gasteiger partial charge in [-0.2, -0.15) is 13.2 Å². The second-order valence-electron chi connectivity index (χ2n) is 7.59. The Morgan fingerprint density at radius 1 is 0.375 bits per heavy atom. The summed E-state index contributed by atoms with van der Waals surface area (Å²) < 4.78 is 39.6. The monoisotopic (exact) mass is 434 g/mol. The zero-order valence-electron chi connectivity index (χ0n) is 17.0. The fraction of sp³-hybridized carbons (Fsp3) is 0.111. The highest BCUT2D eigenvalue weighted by molar-refractivity contribution is 5.50. The lowest BCUT2D eigenvalue weighted by molar-refractivity contribution is -0.137. The minimum absolute atomic E-state index is 0.131. The molecule has 2 N–H and O–H groups in total. The average Bonchev–Trinajstić information content (AvgIpc) is 2.84. The molecular formula is C27H21F3O2. The van der Waals surface area contributed by atoms with Gasteiger partial charge in [-0.15, -0.1) is 0 Å². The van der Waals surface area contributed by atoms with Crippen molar-refractivity contribution < 1.29 is 23.4 Å². The highest BCUT2D eigenvalue weighted by atomic mass is 19.4. The minimum Gasteiger partial charge on any atom is -0.377 e. The number of benzene rings is 4. The Morgan fingerprint density at radius 3 is 0.906 bits per heavy atom. The third-order valence-corrected chi connectivity index (χ3v) is 5.73. The van der Waals surface area contributed by atoms with Crippen LogP contribution < -0.4 is 0 Å². The Balaban J connectivity index is 2.04. The summed E-state index contributed by atoms with van der Waals surface area (Å²) in [5, 5.41) is 24.7. The molecule has 0 aliphatic rings. The van der Waals surface area contributed by atoms with Crippen molar-refractivity contribution in [3.63, 3.8) is 0 Å². The van der Waals surface area contributed by atoms with Gasteiger partial charge in [0.15, 0.2) is 11.2 Å². The first-order chi connectivity index (χ1) is 15.3. The molecule has 0 amide bonds. The molecule has 0 aliphatic carbocycles. The number of alkyl halides is 3. The van der Waals surface area contributed by atoms with Gasteiger partial charge < -0.3 is 10.2 Å². The van der Waals surface area contributed by atoms with Crippen molar-refractivity contribution in [2.45, 2.75) is 17.4 Å². The molecule has 4 aromatic rings. The SMILES string of the molecule is OC(c1ccccc1)(c1ccccc1)C(O)(c1ccccc1)c1ccc(C(F)(F)F)cc1. The van der Waals surface area contributed by atoms with Gasteiger partial charge >= 0.3 is 6.18 Å². The lowest BCUT2D eigenvalue weighted by atomic mass is 9.66. The first-order valence-corrected chi connectivity index (χ1v) is 10.1. The molecule has 2 nitrogen and oxygen atoms in total. The van der Waals surface area contributed by atoms with E-state index >= 15 is 0 Å². The van der Waals surface area contributed by atoms with Crippen LogP contribution in [0.3, 0.4) is 0 Å². The summed E-state index contributed by atoms with van der Waals surface area (Å²) in [5.41, 5.74) is -3.66. The molecule has 4 aromatic carbocycles. The number of hydrogen-bond acceptors (Lipinski definition) is 2. The number of aliphatic hydroxyl groups is 2. The number of rotatable bonds is 5. The summed E-state index contributed by atoms with van der Waals surface area (Å²) in [6, 6.07) is 30.0. The van der Waals surface area contributed by atoms with Crippen LogP contribution in [-0.2, 0) is 17.4 Å². The molecule has 0 saturated heterocycles. The zero-order chi connectivity index (χ0) is 22.8. The van der Waals surface area contributed by atoms with Crippen molar-refractivity contribution in [3.05, 3.63) is 143 Å². The number of halogens is 3. The van der Waals surface area contributed by atoms with Crippen LogP contribution >= 0.6 is 0 Å². The third-order valence-electron chi connectivity index (χ3n) is 5.73. The van der Waals surface area contributed by atoms with Gasteiger partial charge in [-0.25, -0.2) is 0 Å². The second-order valence-corrected chi connectivity index (χ2v) is 7.59. The Morgan fingerprint density at radius 2 is 0.625 bits per heavy atom. The normalized spacial score (nSPS) is 14.0. The van der Waals surface area contributed by atoms with E-state index in [0.717, 1.165) is 12.1 Å². The van der Waals surface area contributed by atoms with Crippen molar-refractivity contribution >= 4 is 0 Å². The van der Waals surface area contributed by atoms with Gasteiger partial charge in [-0.1, -0.05) is 103 Å². The Hall–Kier alpha value is -3.41. The molecule has 0 spiro atoms. The van der Waals surface area contributed by atoms with Gasteiger partial charge in [0, 0.05) is 0 Å². The fourth-order valence-electron chi connectivity index (χ4n) is 4.11. The van der Waals surface area contributed by atoms with E-state index in [9.17, 15) is 23.4 Å². The quantitative estimate of drug-likeness (QED) is 0.412. The van der Waals surface area contributed by atoms with E-state index in [4.69, 9.17) is 0 Å². The Bertz CT molecular complexity index is 1120.